The first-order chi connectivity index (χ1) is 6.91. The van der Waals surface area contributed by atoms with Gasteiger partial charge >= 0.3 is 0 Å². The lowest BCUT2D eigenvalue weighted by Crippen LogP contribution is -1.82. The fourth-order valence-corrected chi connectivity index (χ4v) is 1.50. The summed E-state index contributed by atoms with van der Waals surface area (Å²) in [6, 6.07) is 0. The van der Waals surface area contributed by atoms with Gasteiger partial charge in [0.15, 0.2) is 0 Å². The van der Waals surface area contributed by atoms with Gasteiger partial charge in [0.05, 0.1) is 0 Å². The van der Waals surface area contributed by atoms with Gasteiger partial charge in [0.25, 0.3) is 0 Å². The van der Waals surface area contributed by atoms with Crippen LogP contribution in [-0.2, 0) is 4.84 Å². The summed E-state index contributed by atoms with van der Waals surface area (Å²) >= 11 is 0. The minimum Gasteiger partial charge on any atom is -0.399 e. The predicted molar refractivity (Wildman–Crippen MR) is 62.7 cm³/mol. The van der Waals surface area contributed by atoms with Crippen LogP contribution >= 0.6 is 0 Å². The molecule has 84 valence electrons. The zero-order chi connectivity index (χ0) is 10.5. The Labute approximate surface area is 88.7 Å². The Morgan fingerprint density at radius 3 is 2.07 bits per heavy atom. The van der Waals surface area contributed by atoms with Crippen molar-refractivity contribution in [2.75, 3.05) is 7.11 Å². The standard InChI is InChI=1S/C12H25NO/c1-3-4-5-6-7-8-9-10-11-12-13-14-2/h12H,3-11H2,1-2H3. The van der Waals surface area contributed by atoms with E-state index in [-0.39, 0.29) is 0 Å². The van der Waals surface area contributed by atoms with Crippen molar-refractivity contribution in [1.82, 2.24) is 0 Å². The van der Waals surface area contributed by atoms with Crippen LogP contribution in [0.2, 0.25) is 0 Å². The van der Waals surface area contributed by atoms with Crippen molar-refractivity contribution >= 4 is 6.21 Å². The van der Waals surface area contributed by atoms with Crippen LogP contribution < -0.4 is 0 Å². The monoisotopic (exact) mass is 199 g/mol. The van der Waals surface area contributed by atoms with Gasteiger partial charge in [-0.25, -0.2) is 0 Å². The molecule has 0 saturated heterocycles. The summed E-state index contributed by atoms with van der Waals surface area (Å²) in [4.78, 5) is 4.58. The smallest absolute Gasteiger partial charge is 0.106 e. The number of oxime groups is 1. The van der Waals surface area contributed by atoms with Crippen molar-refractivity contribution < 1.29 is 4.84 Å². The van der Waals surface area contributed by atoms with E-state index in [1.54, 1.807) is 7.11 Å². The van der Waals surface area contributed by atoms with Crippen molar-refractivity contribution in [3.05, 3.63) is 0 Å². The van der Waals surface area contributed by atoms with E-state index in [0.29, 0.717) is 0 Å². The third kappa shape index (κ3) is 11.5. The van der Waals surface area contributed by atoms with Gasteiger partial charge in [-0.2, -0.15) is 0 Å². The molecule has 0 N–H and O–H groups in total. The Hall–Kier alpha value is -0.530. The molecule has 0 atom stereocenters. The highest BCUT2D eigenvalue weighted by molar-refractivity contribution is 5.55. The Morgan fingerprint density at radius 2 is 1.50 bits per heavy atom. The lowest BCUT2D eigenvalue weighted by atomic mass is 10.1. The van der Waals surface area contributed by atoms with Gasteiger partial charge in [0, 0.05) is 6.21 Å². The summed E-state index contributed by atoms with van der Waals surface area (Å²) in [6.07, 6.45) is 13.9. The summed E-state index contributed by atoms with van der Waals surface area (Å²) in [5.41, 5.74) is 0. The maximum absolute atomic E-state index is 4.58. The zero-order valence-electron chi connectivity index (χ0n) is 9.80. The van der Waals surface area contributed by atoms with Crippen molar-refractivity contribution in [2.24, 2.45) is 5.16 Å². The molecule has 0 aromatic carbocycles. The molecule has 0 aliphatic rings. The topological polar surface area (TPSA) is 21.6 Å². The number of hydrogen-bond donors (Lipinski definition) is 0. The first kappa shape index (κ1) is 13.5. The van der Waals surface area contributed by atoms with E-state index in [1.165, 1.54) is 51.4 Å². The predicted octanol–water partition coefficient (Wildman–Crippen LogP) is 4.15. The summed E-state index contributed by atoms with van der Waals surface area (Å²) in [6.45, 7) is 2.26. The summed E-state index contributed by atoms with van der Waals surface area (Å²) in [5.74, 6) is 0. The minimum atomic E-state index is 1.06. The molecule has 0 unspecified atom stereocenters. The maximum atomic E-state index is 4.58. The van der Waals surface area contributed by atoms with Crippen molar-refractivity contribution in [3.8, 4) is 0 Å². The van der Waals surface area contributed by atoms with E-state index in [9.17, 15) is 0 Å². The van der Waals surface area contributed by atoms with E-state index in [2.05, 4.69) is 16.9 Å². The summed E-state index contributed by atoms with van der Waals surface area (Å²) in [7, 11) is 1.59. The van der Waals surface area contributed by atoms with Gasteiger partial charge in [-0.3, -0.25) is 0 Å². The van der Waals surface area contributed by atoms with Crippen LogP contribution in [0.15, 0.2) is 5.16 Å². The van der Waals surface area contributed by atoms with Gasteiger partial charge in [-0.1, -0.05) is 57.0 Å². The molecule has 0 aliphatic heterocycles. The van der Waals surface area contributed by atoms with E-state index in [1.807, 2.05) is 6.21 Å². The van der Waals surface area contributed by atoms with Crippen molar-refractivity contribution in [3.63, 3.8) is 0 Å². The Kier molecular flexibility index (Phi) is 12.0. The molecule has 0 aliphatic carbocycles. The second-order valence-electron chi connectivity index (χ2n) is 3.73. The molecule has 2 heteroatoms. The number of hydrogen-bond acceptors (Lipinski definition) is 2. The van der Waals surface area contributed by atoms with Crippen LogP contribution in [0.1, 0.15) is 64.7 Å². The van der Waals surface area contributed by atoms with E-state index in [0.717, 1.165) is 6.42 Å². The molecule has 0 aromatic heterocycles. The molecule has 0 rings (SSSR count). The van der Waals surface area contributed by atoms with Gasteiger partial charge in [-0.05, 0) is 12.8 Å². The number of nitrogens with zero attached hydrogens (tertiary/aromatic N) is 1. The Balaban J connectivity index is 2.88. The van der Waals surface area contributed by atoms with Crippen molar-refractivity contribution in [1.29, 1.82) is 0 Å². The number of rotatable bonds is 10. The molecule has 0 aromatic rings. The van der Waals surface area contributed by atoms with Gasteiger partial charge in [0.2, 0.25) is 0 Å². The second kappa shape index (κ2) is 12.5. The van der Waals surface area contributed by atoms with Gasteiger partial charge < -0.3 is 4.84 Å². The average Bonchev–Trinajstić information content (AvgIpc) is 2.21. The number of unbranched alkanes of at least 4 members (excludes halogenated alkanes) is 8. The zero-order valence-corrected chi connectivity index (χ0v) is 9.80. The molecule has 0 amide bonds. The first-order valence-electron chi connectivity index (χ1n) is 5.96. The van der Waals surface area contributed by atoms with Crippen molar-refractivity contribution in [2.45, 2.75) is 64.7 Å². The molecular weight excluding hydrogens is 174 g/mol. The van der Waals surface area contributed by atoms with Crippen LogP contribution in [0.4, 0.5) is 0 Å². The molecule has 0 saturated carbocycles. The van der Waals surface area contributed by atoms with Gasteiger partial charge in [0.1, 0.15) is 7.11 Å². The molecular formula is C12H25NO. The van der Waals surface area contributed by atoms with Crippen LogP contribution in [0.3, 0.4) is 0 Å². The molecule has 0 heterocycles. The molecule has 0 radical (unpaired) electrons. The maximum Gasteiger partial charge on any atom is 0.106 e. The lowest BCUT2D eigenvalue weighted by molar-refractivity contribution is 0.214. The molecule has 14 heavy (non-hydrogen) atoms. The van der Waals surface area contributed by atoms with Crippen LogP contribution in [0.5, 0.6) is 0 Å². The average molecular weight is 199 g/mol. The van der Waals surface area contributed by atoms with Crippen LogP contribution in [0, 0.1) is 0 Å². The second-order valence-corrected chi connectivity index (χ2v) is 3.73. The molecule has 0 fully saturated rings. The molecule has 0 spiro atoms. The van der Waals surface area contributed by atoms with Gasteiger partial charge in [-0.15, -0.1) is 0 Å². The fourth-order valence-electron chi connectivity index (χ4n) is 1.50. The lowest BCUT2D eigenvalue weighted by Gasteiger charge is -1.99. The summed E-state index contributed by atoms with van der Waals surface area (Å²) in [5, 5.41) is 3.71. The van der Waals surface area contributed by atoms with E-state index in [4.69, 9.17) is 0 Å². The van der Waals surface area contributed by atoms with Crippen LogP contribution in [-0.4, -0.2) is 13.3 Å². The Morgan fingerprint density at radius 1 is 0.929 bits per heavy atom. The SMILES string of the molecule is CCCCCCCCCCC=NOC. The normalized spacial score (nSPS) is 11.0. The fraction of sp³-hybridized carbons (Fsp3) is 0.917. The first-order valence-corrected chi connectivity index (χ1v) is 5.96. The van der Waals surface area contributed by atoms with E-state index >= 15 is 0 Å². The Bertz CT molecular complexity index is 123. The minimum absolute atomic E-state index is 1.06. The highest BCUT2D eigenvalue weighted by atomic mass is 16.6. The molecule has 0 bridgehead atoms. The summed E-state index contributed by atoms with van der Waals surface area (Å²) < 4.78 is 0. The molecule has 2 nitrogen and oxygen atoms in total. The highest BCUT2D eigenvalue weighted by Gasteiger charge is 1.90. The van der Waals surface area contributed by atoms with E-state index < -0.39 is 0 Å². The quantitative estimate of drug-likeness (QED) is 0.294. The third-order valence-corrected chi connectivity index (χ3v) is 2.37. The van der Waals surface area contributed by atoms with Crippen LogP contribution in [0.25, 0.3) is 0 Å². The third-order valence-electron chi connectivity index (χ3n) is 2.37. The highest BCUT2D eigenvalue weighted by Crippen LogP contribution is 2.08. The largest absolute Gasteiger partial charge is 0.399 e.